The van der Waals surface area contributed by atoms with Crippen LogP contribution in [0.25, 0.3) is 44.4 Å². The Labute approximate surface area is 178 Å². The molecular weight excluding hydrogens is 416 g/mol. The first-order valence-corrected chi connectivity index (χ1v) is 9.42. The van der Waals surface area contributed by atoms with Crippen LogP contribution in [0.2, 0.25) is 0 Å². The molecule has 2 aromatic heterocycles. The van der Waals surface area contributed by atoms with Gasteiger partial charge in [0.1, 0.15) is 45.3 Å². The molecule has 3 aromatic carbocycles. The van der Waals surface area contributed by atoms with Crippen LogP contribution in [0.4, 0.5) is 0 Å². The van der Waals surface area contributed by atoms with Gasteiger partial charge in [0.2, 0.25) is 0 Å². The zero-order valence-corrected chi connectivity index (χ0v) is 16.2. The molecule has 0 aliphatic carbocycles. The van der Waals surface area contributed by atoms with Crippen molar-refractivity contribution in [3.63, 3.8) is 0 Å². The molecule has 0 spiro atoms. The normalized spacial score (nSPS) is 11.2. The van der Waals surface area contributed by atoms with Gasteiger partial charge >= 0.3 is 5.63 Å². The van der Waals surface area contributed by atoms with E-state index in [0.717, 1.165) is 6.07 Å². The maximum absolute atomic E-state index is 12.9. The van der Waals surface area contributed by atoms with Crippen molar-refractivity contribution in [2.24, 2.45) is 0 Å². The molecule has 8 heteroatoms. The minimum atomic E-state index is -0.692. The van der Waals surface area contributed by atoms with Gasteiger partial charge in [0.05, 0.1) is 11.1 Å². The fraction of sp³-hybridized carbons (Fsp3) is 0. The molecule has 0 saturated heterocycles. The highest BCUT2D eigenvalue weighted by atomic mass is 16.4. The van der Waals surface area contributed by atoms with E-state index in [1.165, 1.54) is 42.5 Å². The van der Waals surface area contributed by atoms with Crippen LogP contribution in [0, 0.1) is 0 Å². The Kier molecular flexibility index (Phi) is 4.16. The molecule has 0 aliphatic heterocycles. The molecule has 0 amide bonds. The minimum absolute atomic E-state index is 0.0402. The fourth-order valence-electron chi connectivity index (χ4n) is 3.67. The van der Waals surface area contributed by atoms with Crippen molar-refractivity contribution >= 4 is 21.9 Å². The molecule has 0 bridgehead atoms. The Hall–Kier alpha value is -4.72. The van der Waals surface area contributed by atoms with E-state index in [0.29, 0.717) is 10.9 Å². The van der Waals surface area contributed by atoms with Crippen molar-refractivity contribution in [2.75, 3.05) is 0 Å². The first kappa shape index (κ1) is 19.3. The predicted molar refractivity (Wildman–Crippen MR) is 116 cm³/mol. The average molecular weight is 430 g/mol. The zero-order chi connectivity index (χ0) is 22.6. The van der Waals surface area contributed by atoms with Crippen LogP contribution in [0.1, 0.15) is 0 Å². The molecule has 158 valence electrons. The number of hydrogen-bond donors (Lipinski definition) is 4. The van der Waals surface area contributed by atoms with Crippen LogP contribution in [0.5, 0.6) is 23.0 Å². The van der Waals surface area contributed by atoms with E-state index >= 15 is 0 Å². The van der Waals surface area contributed by atoms with Crippen molar-refractivity contribution in [2.45, 2.75) is 0 Å². The first-order chi connectivity index (χ1) is 15.3. The molecule has 0 aliphatic rings. The molecule has 0 atom stereocenters. The monoisotopic (exact) mass is 430 g/mol. The van der Waals surface area contributed by atoms with Crippen LogP contribution in [0.3, 0.4) is 0 Å². The number of rotatable bonds is 2. The van der Waals surface area contributed by atoms with Gasteiger partial charge in [-0.05, 0) is 42.5 Å². The molecule has 8 nitrogen and oxygen atoms in total. The largest absolute Gasteiger partial charge is 0.508 e. The van der Waals surface area contributed by atoms with Gasteiger partial charge in [0, 0.05) is 29.1 Å². The van der Waals surface area contributed by atoms with Crippen molar-refractivity contribution in [1.29, 1.82) is 0 Å². The predicted octanol–water partition coefficient (Wildman–Crippen LogP) is 4.06. The van der Waals surface area contributed by atoms with Gasteiger partial charge < -0.3 is 29.3 Å². The molecule has 5 aromatic rings. The Bertz CT molecular complexity index is 1640. The Morgan fingerprint density at radius 1 is 0.688 bits per heavy atom. The summed E-state index contributed by atoms with van der Waals surface area (Å²) in [6.07, 6.45) is 0. The van der Waals surface area contributed by atoms with E-state index < -0.39 is 22.6 Å². The number of fused-ring (bicyclic) bond motifs is 2. The number of phenols is 4. The van der Waals surface area contributed by atoms with E-state index in [4.69, 9.17) is 8.83 Å². The summed E-state index contributed by atoms with van der Waals surface area (Å²) in [4.78, 5) is 24.6. The van der Waals surface area contributed by atoms with E-state index in [1.54, 1.807) is 12.1 Å². The summed E-state index contributed by atoms with van der Waals surface area (Å²) >= 11 is 0. The average Bonchev–Trinajstić information content (AvgIpc) is 2.75. The van der Waals surface area contributed by atoms with E-state index in [1.807, 2.05) is 0 Å². The summed E-state index contributed by atoms with van der Waals surface area (Å²) in [6.45, 7) is 0. The second-order valence-corrected chi connectivity index (χ2v) is 7.15. The lowest BCUT2D eigenvalue weighted by Gasteiger charge is -2.13. The van der Waals surface area contributed by atoms with Gasteiger partial charge in [-0.15, -0.1) is 0 Å². The van der Waals surface area contributed by atoms with Gasteiger partial charge in [0.25, 0.3) is 0 Å². The second-order valence-electron chi connectivity index (χ2n) is 7.15. The maximum atomic E-state index is 12.9. The lowest BCUT2D eigenvalue weighted by atomic mass is 9.97. The maximum Gasteiger partial charge on any atom is 0.336 e. The standard InChI is InChI=1S/C24H14O8/c25-13-5-1-11(2-6-13)17-9-15(27)20-18(31-17)10-16(28)21(23(20)30)22-14(26)7-3-12-4-8-19(29)32-24(12)22/h1-10,25-26,28,30H. The molecular formula is C24H14O8. The van der Waals surface area contributed by atoms with Crippen molar-refractivity contribution in [3.05, 3.63) is 81.3 Å². The third-order valence-corrected chi connectivity index (χ3v) is 5.14. The van der Waals surface area contributed by atoms with Crippen LogP contribution in [0.15, 0.2) is 79.1 Å². The Morgan fingerprint density at radius 2 is 1.41 bits per heavy atom. The van der Waals surface area contributed by atoms with Crippen LogP contribution < -0.4 is 11.1 Å². The Balaban J connectivity index is 1.82. The lowest BCUT2D eigenvalue weighted by Crippen LogP contribution is -2.02. The number of hydrogen-bond acceptors (Lipinski definition) is 8. The van der Waals surface area contributed by atoms with Crippen molar-refractivity contribution < 1.29 is 29.3 Å². The summed E-state index contributed by atoms with van der Waals surface area (Å²) in [5, 5.41) is 41.7. The van der Waals surface area contributed by atoms with Crippen LogP contribution >= 0.6 is 0 Å². The SMILES string of the molecule is O=c1ccc2ccc(O)c(-c3c(O)cc4oc(-c5ccc(O)cc5)cc(=O)c4c3O)c2o1. The summed E-state index contributed by atoms with van der Waals surface area (Å²) in [6, 6.07) is 13.7. The lowest BCUT2D eigenvalue weighted by molar-refractivity contribution is 0.450. The highest BCUT2D eigenvalue weighted by molar-refractivity contribution is 6.03. The zero-order valence-electron chi connectivity index (χ0n) is 16.2. The van der Waals surface area contributed by atoms with Gasteiger partial charge in [-0.2, -0.15) is 0 Å². The van der Waals surface area contributed by atoms with E-state index in [9.17, 15) is 30.0 Å². The van der Waals surface area contributed by atoms with Gasteiger partial charge in [-0.3, -0.25) is 4.79 Å². The number of aromatic hydroxyl groups is 4. The molecule has 5 rings (SSSR count). The smallest absolute Gasteiger partial charge is 0.336 e. The summed E-state index contributed by atoms with van der Waals surface area (Å²) in [7, 11) is 0. The van der Waals surface area contributed by atoms with E-state index in [2.05, 4.69) is 0 Å². The quantitative estimate of drug-likeness (QED) is 0.307. The molecule has 0 radical (unpaired) electrons. The number of benzene rings is 3. The number of phenolic OH excluding ortho intramolecular Hbond substituents is 4. The van der Waals surface area contributed by atoms with Gasteiger partial charge in [0.15, 0.2) is 5.43 Å². The molecule has 32 heavy (non-hydrogen) atoms. The third-order valence-electron chi connectivity index (χ3n) is 5.14. The molecule has 4 N–H and O–H groups in total. The van der Waals surface area contributed by atoms with Crippen LogP contribution in [-0.2, 0) is 0 Å². The van der Waals surface area contributed by atoms with Gasteiger partial charge in [-0.1, -0.05) is 0 Å². The fourth-order valence-corrected chi connectivity index (χ4v) is 3.67. The van der Waals surface area contributed by atoms with Crippen LogP contribution in [-0.4, -0.2) is 20.4 Å². The highest BCUT2D eigenvalue weighted by Crippen LogP contribution is 2.47. The summed E-state index contributed by atoms with van der Waals surface area (Å²) < 4.78 is 10.9. The van der Waals surface area contributed by atoms with E-state index in [-0.39, 0.29) is 44.9 Å². The van der Waals surface area contributed by atoms with Gasteiger partial charge in [-0.25, -0.2) is 4.79 Å². The minimum Gasteiger partial charge on any atom is -0.508 e. The van der Waals surface area contributed by atoms with Crippen molar-refractivity contribution in [1.82, 2.24) is 0 Å². The third kappa shape index (κ3) is 2.93. The molecule has 0 saturated carbocycles. The molecule has 0 unspecified atom stereocenters. The second kappa shape index (κ2) is 6.92. The topological polar surface area (TPSA) is 141 Å². The first-order valence-electron chi connectivity index (χ1n) is 9.42. The summed E-state index contributed by atoms with van der Waals surface area (Å²) in [5.74, 6) is -1.32. The highest BCUT2D eigenvalue weighted by Gasteiger charge is 2.24. The van der Waals surface area contributed by atoms with Crippen molar-refractivity contribution in [3.8, 4) is 45.4 Å². The summed E-state index contributed by atoms with van der Waals surface area (Å²) in [5.41, 5.74) is -1.37. The molecule has 0 fully saturated rings. The molecule has 2 heterocycles. The Morgan fingerprint density at radius 3 is 2.16 bits per heavy atom.